The molecule has 2 N–H and O–H groups in total. The lowest BCUT2D eigenvalue weighted by Gasteiger charge is -2.30. The third-order valence-corrected chi connectivity index (χ3v) is 19.0. The molecule has 8 nitrogen and oxygen atoms in total. The highest BCUT2D eigenvalue weighted by molar-refractivity contribution is 7.45. The maximum atomic E-state index is 13.1. The molecule has 0 fully saturated rings. The summed E-state index contributed by atoms with van der Waals surface area (Å²) in [6.07, 6.45) is 86.1. The number of likely N-dealkylation sites (N-methyl/N-ethyl adjacent to an activating group) is 1. The van der Waals surface area contributed by atoms with E-state index in [0.717, 1.165) is 38.5 Å². The summed E-state index contributed by atoms with van der Waals surface area (Å²) in [7, 11) is 1.33. The van der Waals surface area contributed by atoms with Crippen LogP contribution in [0.2, 0.25) is 0 Å². The van der Waals surface area contributed by atoms with Gasteiger partial charge >= 0.3 is 0 Å². The minimum atomic E-state index is -4.58. The Morgan fingerprint density at radius 2 is 0.655 bits per heavy atom. The summed E-state index contributed by atoms with van der Waals surface area (Å²) in [5.41, 5.74) is 0. The predicted octanol–water partition coefficient (Wildman–Crippen LogP) is 23.8. The molecule has 0 aliphatic rings. The van der Waals surface area contributed by atoms with E-state index in [1.807, 2.05) is 21.1 Å². The largest absolute Gasteiger partial charge is 0.756 e. The van der Waals surface area contributed by atoms with Gasteiger partial charge in [0.05, 0.1) is 39.9 Å². The molecule has 0 aliphatic carbocycles. The fraction of sp³-hybridized carbons (Fsp3) is 0.960. The number of hydrogen-bond acceptors (Lipinski definition) is 6. The molecule has 3 atom stereocenters. The molecule has 9 heteroatoms. The molecule has 1 amide bonds. The maximum absolute atomic E-state index is 13.1. The number of rotatable bonds is 72. The number of carbonyl (C=O) groups is 1. The van der Waals surface area contributed by atoms with Crippen LogP contribution in [0.4, 0.5) is 0 Å². The Morgan fingerprint density at radius 3 is 0.929 bits per heavy atom. The van der Waals surface area contributed by atoms with Crippen LogP contribution in [-0.2, 0) is 18.4 Å². The van der Waals surface area contributed by atoms with Gasteiger partial charge in [-0.15, -0.1) is 0 Å². The summed E-state index contributed by atoms with van der Waals surface area (Å²) in [5.74, 6) is -0.155. The van der Waals surface area contributed by atoms with Crippen LogP contribution < -0.4 is 10.2 Å². The number of nitrogens with zero attached hydrogens (tertiary/aromatic N) is 1. The minimum absolute atomic E-state index is 0.0158. The first-order chi connectivity index (χ1) is 41.0. The lowest BCUT2D eigenvalue weighted by Crippen LogP contribution is -2.46. The van der Waals surface area contributed by atoms with Gasteiger partial charge in [0.25, 0.3) is 7.82 Å². The zero-order valence-electron chi connectivity index (χ0n) is 57.7. The number of carbonyl (C=O) groups excluding carboxylic acids is 1. The molecule has 0 heterocycles. The van der Waals surface area contributed by atoms with Gasteiger partial charge in [0.15, 0.2) is 0 Å². The van der Waals surface area contributed by atoms with Crippen LogP contribution in [0.5, 0.6) is 0 Å². The predicted molar refractivity (Wildman–Crippen MR) is 367 cm³/mol. The number of allylic oxidation sites excluding steroid dienone is 2. The van der Waals surface area contributed by atoms with Gasteiger partial charge in [0.1, 0.15) is 13.2 Å². The SMILES string of the molecule is CCCCCCCCCCCCCCCCCC/C=C\CCCCCCCCCCCCCCCCCCCC(=O)NC(COP(=O)([O-])OCC[N+](C)(C)C)C(O)CCCCCCCCCCCCCCCCCCCCCCCCCCC. The molecule has 0 saturated carbocycles. The summed E-state index contributed by atoms with van der Waals surface area (Å²) in [6.45, 7) is 4.80. The molecule has 0 bridgehead atoms. The van der Waals surface area contributed by atoms with Crippen LogP contribution in [-0.4, -0.2) is 68.5 Å². The van der Waals surface area contributed by atoms with E-state index < -0.39 is 20.0 Å². The zero-order chi connectivity index (χ0) is 61.2. The summed E-state index contributed by atoms with van der Waals surface area (Å²) in [5, 5.41) is 14.1. The van der Waals surface area contributed by atoms with Crippen molar-refractivity contribution >= 4 is 13.7 Å². The molecule has 0 spiro atoms. The number of quaternary nitrogens is 1. The first-order valence-electron chi connectivity index (χ1n) is 38.0. The quantitative estimate of drug-likeness (QED) is 0.0272. The summed E-state index contributed by atoms with van der Waals surface area (Å²) < 4.78 is 23.6. The van der Waals surface area contributed by atoms with E-state index >= 15 is 0 Å². The molecule has 0 aliphatic heterocycles. The highest BCUT2D eigenvalue weighted by atomic mass is 31.2. The van der Waals surface area contributed by atoms with Gasteiger partial charge in [-0.1, -0.05) is 379 Å². The second-order valence-corrected chi connectivity index (χ2v) is 29.1. The van der Waals surface area contributed by atoms with E-state index in [1.54, 1.807) is 0 Å². The molecule has 0 saturated heterocycles. The van der Waals surface area contributed by atoms with Crippen molar-refractivity contribution in [2.24, 2.45) is 0 Å². The van der Waals surface area contributed by atoms with Gasteiger partial charge in [0.2, 0.25) is 5.91 Å². The Bertz CT molecular complexity index is 1370. The van der Waals surface area contributed by atoms with Crippen molar-refractivity contribution in [2.75, 3.05) is 40.9 Å². The Morgan fingerprint density at radius 1 is 0.405 bits per heavy atom. The molecule has 0 aromatic carbocycles. The van der Waals surface area contributed by atoms with Crippen molar-refractivity contribution in [1.29, 1.82) is 0 Å². The standard InChI is InChI=1S/C75H151N2O6P/c1-6-8-10-12-14-16-18-20-22-24-26-28-30-32-33-34-35-36-37-38-39-40-41-42-43-45-47-49-51-53-55-57-59-61-63-65-67-69-75(79)76-73(72-83-84(80,81)82-71-70-77(3,4)5)74(78)68-66-64-62-60-58-56-54-52-50-48-46-44-31-29-27-25-23-21-19-17-15-13-11-9-7-2/h36-37,73-74,78H,6-35,38-72H2,1-5H3,(H-,76,79,80,81)/b37-36-. The summed E-state index contributed by atoms with van der Waals surface area (Å²) in [6, 6.07) is -0.799. The molecular weight excluding hydrogens is 1060 g/mol. The molecule has 3 unspecified atom stereocenters. The smallest absolute Gasteiger partial charge is 0.268 e. The minimum Gasteiger partial charge on any atom is -0.756 e. The number of amides is 1. The Kier molecular flexibility index (Phi) is 66.1. The third kappa shape index (κ3) is 68.7. The van der Waals surface area contributed by atoms with E-state index in [0.29, 0.717) is 23.9 Å². The van der Waals surface area contributed by atoms with Gasteiger partial charge in [-0.25, -0.2) is 0 Å². The second-order valence-electron chi connectivity index (χ2n) is 27.7. The van der Waals surface area contributed by atoms with Crippen LogP contribution in [0.1, 0.15) is 412 Å². The number of nitrogens with one attached hydrogen (secondary N) is 1. The number of phosphoric ester groups is 1. The van der Waals surface area contributed by atoms with E-state index in [1.165, 1.54) is 347 Å². The fourth-order valence-electron chi connectivity index (χ4n) is 12.1. The topological polar surface area (TPSA) is 108 Å². The molecular formula is C75H151N2O6P. The number of hydrogen-bond donors (Lipinski definition) is 2. The van der Waals surface area contributed by atoms with Gasteiger partial charge in [-0.3, -0.25) is 9.36 Å². The number of phosphoric acid groups is 1. The van der Waals surface area contributed by atoms with Gasteiger partial charge < -0.3 is 28.8 Å². The van der Waals surface area contributed by atoms with Crippen molar-refractivity contribution in [3.8, 4) is 0 Å². The van der Waals surface area contributed by atoms with Crippen LogP contribution in [0.3, 0.4) is 0 Å². The van der Waals surface area contributed by atoms with Crippen LogP contribution in [0.25, 0.3) is 0 Å². The van der Waals surface area contributed by atoms with Gasteiger partial charge in [-0.05, 0) is 38.5 Å². The lowest BCUT2D eigenvalue weighted by molar-refractivity contribution is -0.870. The highest BCUT2D eigenvalue weighted by Gasteiger charge is 2.24. The maximum Gasteiger partial charge on any atom is 0.268 e. The number of unbranched alkanes of at least 4 members (excludes halogenated alkanes) is 57. The molecule has 0 aromatic heterocycles. The van der Waals surface area contributed by atoms with Crippen LogP contribution >= 0.6 is 7.82 Å². The zero-order valence-corrected chi connectivity index (χ0v) is 58.5. The monoisotopic (exact) mass is 1210 g/mol. The molecule has 0 rings (SSSR count). The fourth-order valence-corrected chi connectivity index (χ4v) is 12.8. The van der Waals surface area contributed by atoms with E-state index in [4.69, 9.17) is 9.05 Å². The lowest BCUT2D eigenvalue weighted by atomic mass is 10.0. The number of aliphatic hydroxyl groups excluding tert-OH is 1. The normalized spacial score (nSPS) is 13.6. The Labute approximate surface area is 526 Å². The van der Waals surface area contributed by atoms with Crippen molar-refractivity contribution in [3.05, 3.63) is 12.2 Å². The third-order valence-electron chi connectivity index (χ3n) is 18.0. The first kappa shape index (κ1) is 83.2. The van der Waals surface area contributed by atoms with Crippen molar-refractivity contribution in [3.63, 3.8) is 0 Å². The van der Waals surface area contributed by atoms with Crippen molar-refractivity contribution < 1.29 is 32.9 Å². The average molecular weight is 1210 g/mol. The summed E-state index contributed by atoms with van der Waals surface area (Å²) in [4.78, 5) is 25.7. The molecule has 84 heavy (non-hydrogen) atoms. The summed E-state index contributed by atoms with van der Waals surface area (Å²) >= 11 is 0. The van der Waals surface area contributed by atoms with Crippen LogP contribution in [0, 0.1) is 0 Å². The Hall–Kier alpha value is -0.760. The van der Waals surface area contributed by atoms with E-state index in [2.05, 4.69) is 31.3 Å². The molecule has 0 aromatic rings. The van der Waals surface area contributed by atoms with Crippen molar-refractivity contribution in [1.82, 2.24) is 5.32 Å². The average Bonchev–Trinajstić information content (AvgIpc) is 3.56. The second kappa shape index (κ2) is 66.7. The van der Waals surface area contributed by atoms with Crippen molar-refractivity contribution in [2.45, 2.75) is 424 Å². The molecule has 0 radical (unpaired) electrons. The van der Waals surface area contributed by atoms with E-state index in [9.17, 15) is 19.4 Å². The van der Waals surface area contributed by atoms with Crippen LogP contribution in [0.15, 0.2) is 12.2 Å². The van der Waals surface area contributed by atoms with Gasteiger partial charge in [0, 0.05) is 6.42 Å². The Balaban J connectivity index is 3.92. The molecule has 502 valence electrons. The van der Waals surface area contributed by atoms with Gasteiger partial charge in [-0.2, -0.15) is 0 Å². The van der Waals surface area contributed by atoms with E-state index in [-0.39, 0.29) is 19.1 Å². The first-order valence-corrected chi connectivity index (χ1v) is 39.5. The highest BCUT2D eigenvalue weighted by Crippen LogP contribution is 2.38. The number of aliphatic hydroxyl groups is 1.